The van der Waals surface area contributed by atoms with Crippen molar-refractivity contribution in [2.75, 3.05) is 26.9 Å². The van der Waals surface area contributed by atoms with E-state index >= 15 is 0 Å². The smallest absolute Gasteiger partial charge is 0.142 e. The molecule has 1 aromatic carbocycles. The lowest BCUT2D eigenvalue weighted by Crippen LogP contribution is -2.19. The van der Waals surface area contributed by atoms with E-state index < -0.39 is 0 Å². The molecule has 0 aliphatic heterocycles. The molecule has 0 fully saturated rings. The summed E-state index contributed by atoms with van der Waals surface area (Å²) in [5.41, 5.74) is 0.920. The molecule has 0 unspecified atom stereocenters. The molecule has 1 rings (SSSR count). The molecular formula is C15H20Cl2N2O2. The number of nitrogens with one attached hydrogen (secondary N) is 1. The van der Waals surface area contributed by atoms with E-state index in [0.29, 0.717) is 42.0 Å². The highest BCUT2D eigenvalue weighted by atomic mass is 35.5. The number of unbranched alkanes of at least 4 members (excludes halogenated alkanes) is 2. The molecular weight excluding hydrogens is 311 g/mol. The van der Waals surface area contributed by atoms with Crippen LogP contribution in [0.4, 0.5) is 0 Å². The van der Waals surface area contributed by atoms with Crippen molar-refractivity contribution in [3.63, 3.8) is 0 Å². The SMILES string of the molecule is COCCNCc1cc(Cl)cc(Cl)c1OCCCCC#N. The van der Waals surface area contributed by atoms with Crippen LogP contribution in [0.5, 0.6) is 5.75 Å². The molecule has 0 aliphatic carbocycles. The van der Waals surface area contributed by atoms with E-state index in [2.05, 4.69) is 11.4 Å². The van der Waals surface area contributed by atoms with E-state index in [-0.39, 0.29) is 0 Å². The van der Waals surface area contributed by atoms with Gasteiger partial charge in [0.25, 0.3) is 0 Å². The predicted molar refractivity (Wildman–Crippen MR) is 85.0 cm³/mol. The molecule has 0 amide bonds. The second-order valence-electron chi connectivity index (χ2n) is 4.51. The average Bonchev–Trinajstić information content (AvgIpc) is 2.45. The number of hydrogen-bond donors (Lipinski definition) is 1. The Morgan fingerprint density at radius 1 is 1.24 bits per heavy atom. The lowest BCUT2D eigenvalue weighted by molar-refractivity contribution is 0.199. The zero-order chi connectivity index (χ0) is 15.5. The Kier molecular flexibility index (Phi) is 9.20. The quantitative estimate of drug-likeness (QED) is 0.663. The minimum atomic E-state index is 0.506. The fourth-order valence-electron chi connectivity index (χ4n) is 1.78. The Labute approximate surface area is 135 Å². The van der Waals surface area contributed by atoms with Crippen LogP contribution in [-0.4, -0.2) is 26.9 Å². The van der Waals surface area contributed by atoms with Gasteiger partial charge in [-0.3, -0.25) is 0 Å². The number of hydrogen-bond acceptors (Lipinski definition) is 4. The van der Waals surface area contributed by atoms with Gasteiger partial charge in [-0.15, -0.1) is 0 Å². The summed E-state index contributed by atoms with van der Waals surface area (Å²) in [6, 6.07) is 5.63. The molecule has 0 saturated heterocycles. The number of benzene rings is 1. The second-order valence-corrected chi connectivity index (χ2v) is 5.35. The lowest BCUT2D eigenvalue weighted by Gasteiger charge is -2.14. The van der Waals surface area contributed by atoms with E-state index in [1.165, 1.54) is 0 Å². The second kappa shape index (κ2) is 10.7. The summed E-state index contributed by atoms with van der Waals surface area (Å²) in [5, 5.41) is 12.8. The Hall–Kier alpha value is -0.990. The van der Waals surface area contributed by atoms with Crippen molar-refractivity contribution in [3.05, 3.63) is 27.7 Å². The monoisotopic (exact) mass is 330 g/mol. The summed E-state index contributed by atoms with van der Waals surface area (Å²) >= 11 is 12.2. The predicted octanol–water partition coefficient (Wildman–Crippen LogP) is 3.80. The van der Waals surface area contributed by atoms with Gasteiger partial charge < -0.3 is 14.8 Å². The summed E-state index contributed by atoms with van der Waals surface area (Å²) in [5.74, 6) is 0.656. The first-order valence-corrected chi connectivity index (χ1v) is 7.62. The van der Waals surface area contributed by atoms with Gasteiger partial charge in [-0.1, -0.05) is 23.2 Å². The van der Waals surface area contributed by atoms with Gasteiger partial charge in [0.2, 0.25) is 0 Å². The van der Waals surface area contributed by atoms with Crippen molar-refractivity contribution >= 4 is 23.2 Å². The molecule has 0 spiro atoms. The molecule has 0 heterocycles. The molecule has 6 heteroatoms. The van der Waals surface area contributed by atoms with Crippen LogP contribution in [-0.2, 0) is 11.3 Å². The molecule has 0 saturated carbocycles. The van der Waals surface area contributed by atoms with Crippen molar-refractivity contribution < 1.29 is 9.47 Å². The zero-order valence-corrected chi connectivity index (χ0v) is 13.6. The van der Waals surface area contributed by atoms with E-state index in [1.54, 1.807) is 13.2 Å². The number of nitrogens with zero attached hydrogens (tertiary/aromatic N) is 1. The molecule has 1 aromatic rings. The first-order valence-electron chi connectivity index (χ1n) is 6.86. The highest BCUT2D eigenvalue weighted by Crippen LogP contribution is 2.32. The number of methoxy groups -OCH3 is 1. The van der Waals surface area contributed by atoms with Crippen LogP contribution >= 0.6 is 23.2 Å². The van der Waals surface area contributed by atoms with Crippen LogP contribution in [0, 0.1) is 11.3 Å². The van der Waals surface area contributed by atoms with Crippen LogP contribution in [0.15, 0.2) is 12.1 Å². The van der Waals surface area contributed by atoms with E-state index in [1.807, 2.05) is 6.07 Å². The summed E-state index contributed by atoms with van der Waals surface area (Å²) in [6.07, 6.45) is 2.19. The van der Waals surface area contributed by atoms with Crippen LogP contribution in [0.2, 0.25) is 10.0 Å². The number of nitriles is 1. The topological polar surface area (TPSA) is 54.3 Å². The Bertz CT molecular complexity index is 475. The van der Waals surface area contributed by atoms with Gasteiger partial charge in [0, 0.05) is 37.2 Å². The maximum absolute atomic E-state index is 8.50. The molecule has 4 nitrogen and oxygen atoms in total. The minimum Gasteiger partial charge on any atom is -0.492 e. The maximum Gasteiger partial charge on any atom is 0.142 e. The molecule has 21 heavy (non-hydrogen) atoms. The molecule has 0 radical (unpaired) electrons. The molecule has 0 bridgehead atoms. The molecule has 116 valence electrons. The van der Waals surface area contributed by atoms with Crippen LogP contribution < -0.4 is 10.1 Å². The fraction of sp³-hybridized carbons (Fsp3) is 0.533. The van der Waals surface area contributed by atoms with Crippen molar-refractivity contribution in [1.82, 2.24) is 5.32 Å². The highest BCUT2D eigenvalue weighted by molar-refractivity contribution is 6.35. The Morgan fingerprint density at radius 3 is 2.76 bits per heavy atom. The summed E-state index contributed by atoms with van der Waals surface area (Å²) < 4.78 is 10.7. The van der Waals surface area contributed by atoms with Crippen LogP contribution in [0.1, 0.15) is 24.8 Å². The van der Waals surface area contributed by atoms with E-state index in [4.69, 9.17) is 37.9 Å². The highest BCUT2D eigenvalue weighted by Gasteiger charge is 2.10. The molecule has 1 N–H and O–H groups in total. The number of halogens is 2. The van der Waals surface area contributed by atoms with Gasteiger partial charge >= 0.3 is 0 Å². The standard InChI is InChI=1S/C15H20Cl2N2O2/c1-20-8-6-19-11-12-9-13(16)10-14(17)15(12)21-7-4-2-3-5-18/h9-10,19H,2-4,6-8,11H2,1H3. The van der Waals surface area contributed by atoms with Gasteiger partial charge in [0.15, 0.2) is 0 Å². The van der Waals surface area contributed by atoms with Gasteiger partial charge in [-0.25, -0.2) is 0 Å². The van der Waals surface area contributed by atoms with Gasteiger partial charge in [-0.2, -0.15) is 5.26 Å². The zero-order valence-electron chi connectivity index (χ0n) is 12.1. The number of rotatable bonds is 10. The van der Waals surface area contributed by atoms with Crippen molar-refractivity contribution in [2.45, 2.75) is 25.8 Å². The average molecular weight is 331 g/mol. The van der Waals surface area contributed by atoms with Gasteiger partial charge in [-0.05, 0) is 25.0 Å². The number of ether oxygens (including phenoxy) is 2. The Balaban J connectivity index is 2.60. The normalized spacial score (nSPS) is 10.4. The van der Waals surface area contributed by atoms with Crippen molar-refractivity contribution in [1.29, 1.82) is 5.26 Å². The van der Waals surface area contributed by atoms with Crippen LogP contribution in [0.25, 0.3) is 0 Å². The van der Waals surface area contributed by atoms with Gasteiger partial charge in [0.1, 0.15) is 5.75 Å². The lowest BCUT2D eigenvalue weighted by atomic mass is 10.2. The third-order valence-corrected chi connectivity index (χ3v) is 3.31. The van der Waals surface area contributed by atoms with E-state index in [0.717, 1.165) is 24.9 Å². The van der Waals surface area contributed by atoms with Crippen molar-refractivity contribution in [2.24, 2.45) is 0 Å². The first-order chi connectivity index (χ1) is 10.2. The Morgan fingerprint density at radius 2 is 2.05 bits per heavy atom. The minimum absolute atomic E-state index is 0.506. The summed E-state index contributed by atoms with van der Waals surface area (Å²) in [7, 11) is 1.66. The largest absolute Gasteiger partial charge is 0.492 e. The first kappa shape index (κ1) is 18.1. The van der Waals surface area contributed by atoms with Gasteiger partial charge in [0.05, 0.1) is 24.3 Å². The molecule has 0 atom stereocenters. The molecule has 0 aliphatic rings. The van der Waals surface area contributed by atoms with Crippen LogP contribution in [0.3, 0.4) is 0 Å². The third-order valence-electron chi connectivity index (χ3n) is 2.81. The summed E-state index contributed by atoms with van der Waals surface area (Å²) in [4.78, 5) is 0. The van der Waals surface area contributed by atoms with E-state index in [9.17, 15) is 0 Å². The maximum atomic E-state index is 8.50. The summed E-state index contributed by atoms with van der Waals surface area (Å²) in [6.45, 7) is 2.52. The van der Waals surface area contributed by atoms with Crippen molar-refractivity contribution in [3.8, 4) is 11.8 Å². The molecule has 0 aromatic heterocycles. The third kappa shape index (κ3) is 7.01. The fourth-order valence-corrected chi connectivity index (χ4v) is 2.37.